The molecule has 0 aliphatic heterocycles. The summed E-state index contributed by atoms with van der Waals surface area (Å²) in [7, 11) is 0. The minimum atomic E-state index is -0.462. The first kappa shape index (κ1) is 22.0. The molecule has 1 aromatic carbocycles. The van der Waals surface area contributed by atoms with Crippen molar-refractivity contribution in [3.63, 3.8) is 0 Å². The van der Waals surface area contributed by atoms with Gasteiger partial charge in [-0.25, -0.2) is 4.68 Å². The normalized spacial score (nSPS) is 42.5. The zero-order valence-corrected chi connectivity index (χ0v) is 20.6. The first-order valence-corrected chi connectivity index (χ1v) is 13.4. The number of ketones is 1. The summed E-state index contributed by atoms with van der Waals surface area (Å²) in [5.41, 5.74) is 1.15. The lowest BCUT2D eigenvalue weighted by molar-refractivity contribution is -0.133. The molecule has 1 N–H and O–H groups in total. The van der Waals surface area contributed by atoms with Crippen LogP contribution in [0.3, 0.4) is 0 Å². The number of halogens is 1. The number of nitrogens with zero attached hydrogens (tertiary/aromatic N) is 3. The van der Waals surface area contributed by atoms with Gasteiger partial charge in [0.2, 0.25) is 0 Å². The molecule has 5 nitrogen and oxygen atoms in total. The number of aromatic nitrogens is 3. The quantitative estimate of drug-likeness (QED) is 0.628. The minimum absolute atomic E-state index is 0.103. The van der Waals surface area contributed by atoms with E-state index in [1.54, 1.807) is 4.68 Å². The summed E-state index contributed by atoms with van der Waals surface area (Å²) in [5.74, 6) is 4.10. The van der Waals surface area contributed by atoms with Gasteiger partial charge in [0.25, 0.3) is 0 Å². The fourth-order valence-electron chi connectivity index (χ4n) is 8.97. The van der Waals surface area contributed by atoms with Crippen molar-refractivity contribution in [1.29, 1.82) is 0 Å². The molecule has 0 radical (unpaired) electrons. The molecule has 1 heterocycles. The Labute approximate surface area is 201 Å². The molecule has 2 unspecified atom stereocenters. The number of rotatable bonds is 3. The van der Waals surface area contributed by atoms with E-state index < -0.39 is 5.60 Å². The second kappa shape index (κ2) is 7.78. The Morgan fingerprint density at radius 2 is 1.91 bits per heavy atom. The summed E-state index contributed by atoms with van der Waals surface area (Å²) in [5, 5.41) is 19.7. The number of carbonyl (C=O) groups excluding carboxylic acids is 1. The smallest absolute Gasteiger partial charge is 0.157 e. The van der Waals surface area contributed by atoms with E-state index in [2.05, 4.69) is 17.2 Å². The maximum absolute atomic E-state index is 13.6. The minimum Gasteiger partial charge on any atom is -0.390 e. The van der Waals surface area contributed by atoms with Gasteiger partial charge in [-0.1, -0.05) is 29.8 Å². The lowest BCUT2D eigenvalue weighted by Gasteiger charge is -2.56. The van der Waals surface area contributed by atoms with Crippen molar-refractivity contribution in [3.8, 4) is 0 Å². The highest BCUT2D eigenvalue weighted by Crippen LogP contribution is 2.64. The van der Waals surface area contributed by atoms with E-state index in [0.717, 1.165) is 54.5 Å². The van der Waals surface area contributed by atoms with Gasteiger partial charge in [0.15, 0.2) is 5.78 Å². The number of hydrogen-bond donors (Lipinski definition) is 1. The zero-order valence-electron chi connectivity index (χ0n) is 19.8. The van der Waals surface area contributed by atoms with Crippen LogP contribution in [-0.2, 0) is 11.3 Å². The van der Waals surface area contributed by atoms with Gasteiger partial charge < -0.3 is 5.11 Å². The molecular weight excluding hydrogens is 434 g/mol. The first-order valence-electron chi connectivity index (χ1n) is 13.0. The van der Waals surface area contributed by atoms with Gasteiger partial charge in [0.05, 0.1) is 10.6 Å². The third kappa shape index (κ3) is 3.48. The predicted molar refractivity (Wildman–Crippen MR) is 129 cm³/mol. The molecule has 33 heavy (non-hydrogen) atoms. The zero-order chi connectivity index (χ0) is 23.0. The standard InChI is InChI=1S/C27H36ClN3O2/c1-26(33)12-10-17-16(14-26)6-7-19-18(17)11-13-27(2)20(19)8-9-21(27)24(32)15-31-25-22(28)4-3-5-23(25)29-30-31/h3-5,16-21,33H,6-15H2,1-2H3/t16-,17?,18-,19?,20+,21-,26-,27+/m1/s1. The van der Waals surface area contributed by atoms with Crippen LogP contribution >= 0.6 is 11.6 Å². The summed E-state index contributed by atoms with van der Waals surface area (Å²) in [6.07, 6.45) is 10.3. The van der Waals surface area contributed by atoms with Crippen molar-refractivity contribution >= 4 is 28.4 Å². The van der Waals surface area contributed by atoms with Gasteiger partial charge in [-0.3, -0.25) is 4.79 Å². The van der Waals surface area contributed by atoms with E-state index >= 15 is 0 Å². The van der Waals surface area contributed by atoms with Crippen LogP contribution in [0.5, 0.6) is 0 Å². The van der Waals surface area contributed by atoms with E-state index in [0.29, 0.717) is 22.6 Å². The highest BCUT2D eigenvalue weighted by atomic mass is 35.5. The Bertz CT molecular complexity index is 1080. The van der Waals surface area contributed by atoms with Gasteiger partial charge in [-0.05, 0) is 112 Å². The van der Waals surface area contributed by atoms with E-state index in [1.165, 1.54) is 32.1 Å². The average Bonchev–Trinajstić information content (AvgIpc) is 3.34. The van der Waals surface area contributed by atoms with Gasteiger partial charge in [0, 0.05) is 5.92 Å². The molecule has 4 saturated carbocycles. The molecule has 8 atom stereocenters. The van der Waals surface area contributed by atoms with Crippen molar-refractivity contribution in [2.24, 2.45) is 40.9 Å². The fourth-order valence-corrected chi connectivity index (χ4v) is 9.23. The summed E-state index contributed by atoms with van der Waals surface area (Å²) in [4.78, 5) is 13.6. The van der Waals surface area contributed by atoms with Crippen LogP contribution in [-0.4, -0.2) is 31.5 Å². The van der Waals surface area contributed by atoms with Gasteiger partial charge in [0.1, 0.15) is 17.6 Å². The SMILES string of the molecule is C[C@@]1(O)CCC2[C@H](CCC3[C@@H]2CC[C@]2(C)[C@@H](C(=O)Cn4nnc5cccc(Cl)c54)CC[C@@H]32)C1. The van der Waals surface area contributed by atoms with Crippen molar-refractivity contribution in [2.75, 3.05) is 0 Å². The fraction of sp³-hybridized carbons (Fsp3) is 0.741. The molecule has 4 aliphatic carbocycles. The second-order valence-corrected chi connectivity index (χ2v) is 12.6. The highest BCUT2D eigenvalue weighted by Gasteiger charge is 2.58. The van der Waals surface area contributed by atoms with Crippen molar-refractivity contribution in [3.05, 3.63) is 23.2 Å². The van der Waals surface area contributed by atoms with E-state index in [9.17, 15) is 9.90 Å². The van der Waals surface area contributed by atoms with Crippen molar-refractivity contribution in [2.45, 2.75) is 83.8 Å². The van der Waals surface area contributed by atoms with Gasteiger partial charge >= 0.3 is 0 Å². The van der Waals surface area contributed by atoms with Crippen LogP contribution in [0.2, 0.25) is 5.02 Å². The van der Waals surface area contributed by atoms with E-state index in [4.69, 9.17) is 11.6 Å². The molecule has 6 rings (SSSR count). The molecule has 6 heteroatoms. The maximum atomic E-state index is 13.6. The third-order valence-corrected chi connectivity index (χ3v) is 10.7. The Hall–Kier alpha value is -1.46. The van der Waals surface area contributed by atoms with Gasteiger partial charge in [-0.2, -0.15) is 0 Å². The monoisotopic (exact) mass is 469 g/mol. The van der Waals surface area contributed by atoms with Crippen LogP contribution in [0.15, 0.2) is 18.2 Å². The molecule has 1 aromatic heterocycles. The van der Waals surface area contributed by atoms with Crippen LogP contribution in [0.25, 0.3) is 11.0 Å². The number of carbonyl (C=O) groups is 1. The number of hydrogen-bond acceptors (Lipinski definition) is 4. The number of benzene rings is 1. The molecule has 0 spiro atoms. The number of aliphatic hydroxyl groups is 1. The molecular formula is C27H36ClN3O2. The van der Waals surface area contributed by atoms with E-state index in [1.807, 2.05) is 25.1 Å². The predicted octanol–water partition coefficient (Wildman–Crippen LogP) is 5.67. The lowest BCUT2D eigenvalue weighted by atomic mass is 9.49. The maximum Gasteiger partial charge on any atom is 0.157 e. The molecule has 4 aliphatic rings. The summed E-state index contributed by atoms with van der Waals surface area (Å²) in [6.45, 7) is 4.71. The Morgan fingerprint density at radius 1 is 1.09 bits per heavy atom. The highest BCUT2D eigenvalue weighted by molar-refractivity contribution is 6.34. The van der Waals surface area contributed by atoms with Gasteiger partial charge in [-0.15, -0.1) is 5.10 Å². The third-order valence-electron chi connectivity index (χ3n) is 10.4. The Balaban J connectivity index is 1.21. The van der Waals surface area contributed by atoms with Crippen LogP contribution < -0.4 is 0 Å². The first-order chi connectivity index (χ1) is 15.8. The second-order valence-electron chi connectivity index (χ2n) is 12.2. The van der Waals surface area contributed by atoms with Crippen molar-refractivity contribution in [1.82, 2.24) is 15.0 Å². The molecule has 0 saturated heterocycles. The number of fused-ring (bicyclic) bond motifs is 6. The lowest BCUT2D eigenvalue weighted by Crippen LogP contribution is -2.51. The molecule has 2 aromatic rings. The Morgan fingerprint density at radius 3 is 2.76 bits per heavy atom. The van der Waals surface area contributed by atoms with Crippen molar-refractivity contribution < 1.29 is 9.90 Å². The number of Topliss-reactive ketones (excluding diaryl/α,β-unsaturated/α-hetero) is 1. The average molecular weight is 470 g/mol. The number of para-hydroxylation sites is 1. The largest absolute Gasteiger partial charge is 0.390 e. The Kier molecular flexibility index (Phi) is 5.19. The van der Waals surface area contributed by atoms with E-state index in [-0.39, 0.29) is 17.9 Å². The van der Waals surface area contributed by atoms with Crippen LogP contribution in [0, 0.1) is 40.9 Å². The molecule has 178 valence electrons. The summed E-state index contributed by atoms with van der Waals surface area (Å²) >= 11 is 6.41. The molecule has 4 fully saturated rings. The topological polar surface area (TPSA) is 68.0 Å². The summed E-state index contributed by atoms with van der Waals surface area (Å²) < 4.78 is 1.71. The van der Waals surface area contributed by atoms with Crippen LogP contribution in [0.1, 0.15) is 71.6 Å². The molecule has 0 bridgehead atoms. The van der Waals surface area contributed by atoms with Crippen LogP contribution in [0.4, 0.5) is 0 Å². The molecule has 0 amide bonds. The summed E-state index contributed by atoms with van der Waals surface area (Å²) in [6, 6.07) is 5.60.